The number of carbonyl (C=O) groups excluding carboxylic acids is 1. The summed E-state index contributed by atoms with van der Waals surface area (Å²) in [6.45, 7) is 12.4. The second kappa shape index (κ2) is 11.6. The Morgan fingerprint density at radius 2 is 1.50 bits per heavy atom. The van der Waals surface area contributed by atoms with Crippen LogP contribution in [0.3, 0.4) is 0 Å². The van der Waals surface area contributed by atoms with E-state index in [2.05, 4.69) is 53.8 Å². The van der Waals surface area contributed by atoms with Gasteiger partial charge in [-0.25, -0.2) is 9.48 Å². The lowest BCUT2D eigenvalue weighted by atomic mass is 9.92. The van der Waals surface area contributed by atoms with Crippen LogP contribution < -0.4 is 20.9 Å². The molecular formula is C25H34Cl2N6O. The summed E-state index contributed by atoms with van der Waals surface area (Å²) in [5.74, 6) is 0.633. The molecule has 4 rings (SSSR count). The molecule has 0 aliphatic carbocycles. The maximum atomic E-state index is 12.8. The van der Waals surface area contributed by atoms with Crippen LogP contribution in [0.4, 0.5) is 22.0 Å². The van der Waals surface area contributed by atoms with Crippen molar-refractivity contribution in [2.45, 2.75) is 33.1 Å². The number of benzene rings is 2. The summed E-state index contributed by atoms with van der Waals surface area (Å²) >= 11 is 0. The molecule has 1 aromatic heterocycles. The highest BCUT2D eigenvalue weighted by atomic mass is 35.5. The molecule has 1 aliphatic heterocycles. The van der Waals surface area contributed by atoms with Gasteiger partial charge in [-0.3, -0.25) is 5.32 Å². The van der Waals surface area contributed by atoms with Crippen LogP contribution in [0.5, 0.6) is 0 Å². The molecule has 2 heterocycles. The van der Waals surface area contributed by atoms with Crippen LogP contribution in [-0.4, -0.2) is 42.0 Å². The Morgan fingerprint density at radius 3 is 2.09 bits per heavy atom. The number of hydrogen-bond acceptors (Lipinski definition) is 4. The van der Waals surface area contributed by atoms with Gasteiger partial charge >= 0.3 is 6.03 Å². The van der Waals surface area contributed by atoms with Crippen molar-refractivity contribution in [3.8, 4) is 5.69 Å². The van der Waals surface area contributed by atoms with Gasteiger partial charge in [0.1, 0.15) is 5.82 Å². The molecule has 0 atom stereocenters. The third kappa shape index (κ3) is 6.65. The summed E-state index contributed by atoms with van der Waals surface area (Å²) in [7, 11) is 0. The van der Waals surface area contributed by atoms with Crippen molar-refractivity contribution in [2.24, 2.45) is 0 Å². The maximum Gasteiger partial charge on any atom is 0.324 e. The van der Waals surface area contributed by atoms with Crippen LogP contribution in [-0.2, 0) is 5.41 Å². The van der Waals surface area contributed by atoms with Gasteiger partial charge in [0.05, 0.1) is 11.4 Å². The number of amides is 2. The van der Waals surface area contributed by atoms with Crippen molar-refractivity contribution in [2.75, 3.05) is 41.7 Å². The lowest BCUT2D eigenvalue weighted by Gasteiger charge is -2.29. The van der Waals surface area contributed by atoms with Gasteiger partial charge in [-0.15, -0.1) is 24.8 Å². The zero-order chi connectivity index (χ0) is 22.7. The Kier molecular flexibility index (Phi) is 9.38. The number of anilines is 3. The lowest BCUT2D eigenvalue weighted by molar-refractivity contribution is 0.262. The number of rotatable bonds is 4. The Hall–Kier alpha value is -2.74. The minimum Gasteiger partial charge on any atom is -0.369 e. The fourth-order valence-corrected chi connectivity index (χ4v) is 3.68. The van der Waals surface area contributed by atoms with Gasteiger partial charge in [-0.2, -0.15) is 5.10 Å². The summed E-state index contributed by atoms with van der Waals surface area (Å²) in [5, 5.41) is 14.0. The zero-order valence-corrected chi connectivity index (χ0v) is 21.7. The summed E-state index contributed by atoms with van der Waals surface area (Å²) in [4.78, 5) is 15.1. The highest BCUT2D eigenvalue weighted by Gasteiger charge is 2.21. The van der Waals surface area contributed by atoms with Gasteiger partial charge in [-0.05, 0) is 43.3 Å². The molecular weight excluding hydrogens is 471 g/mol. The topological polar surface area (TPSA) is 74.2 Å². The average molecular weight is 505 g/mol. The second-order valence-corrected chi connectivity index (χ2v) is 9.28. The van der Waals surface area contributed by atoms with Crippen LogP contribution in [0.1, 0.15) is 32.0 Å². The van der Waals surface area contributed by atoms with Gasteiger partial charge in [-0.1, -0.05) is 38.5 Å². The SMILES string of the molecule is Cc1ccc(-n2nc(C(C)(C)C)cc2NC(=O)Nc2ccc(N3CCNCC3)cc2)cc1.Cl.Cl. The third-order valence-electron chi connectivity index (χ3n) is 5.61. The van der Waals surface area contributed by atoms with E-state index in [1.54, 1.807) is 4.68 Å². The predicted molar refractivity (Wildman–Crippen MR) is 146 cm³/mol. The Morgan fingerprint density at radius 1 is 0.912 bits per heavy atom. The van der Waals surface area contributed by atoms with Gasteiger partial charge in [0.25, 0.3) is 0 Å². The first-order valence-electron chi connectivity index (χ1n) is 11.1. The van der Waals surface area contributed by atoms with Gasteiger partial charge < -0.3 is 15.5 Å². The van der Waals surface area contributed by atoms with Crippen molar-refractivity contribution in [1.82, 2.24) is 15.1 Å². The molecule has 184 valence electrons. The molecule has 1 fully saturated rings. The average Bonchev–Trinajstić information content (AvgIpc) is 3.19. The second-order valence-electron chi connectivity index (χ2n) is 9.28. The highest BCUT2D eigenvalue weighted by molar-refractivity contribution is 5.99. The number of aryl methyl sites for hydroxylation is 1. The lowest BCUT2D eigenvalue weighted by Crippen LogP contribution is -2.43. The van der Waals surface area contributed by atoms with Crippen molar-refractivity contribution in [3.63, 3.8) is 0 Å². The number of nitrogens with one attached hydrogen (secondary N) is 3. The molecule has 2 amide bonds. The van der Waals surface area contributed by atoms with E-state index in [1.165, 1.54) is 11.3 Å². The minimum atomic E-state index is -0.298. The number of hydrogen-bond donors (Lipinski definition) is 3. The molecule has 0 spiro atoms. The Labute approximate surface area is 214 Å². The first-order chi connectivity index (χ1) is 15.3. The van der Waals surface area contributed by atoms with E-state index < -0.39 is 0 Å². The molecule has 0 radical (unpaired) electrons. The number of halogens is 2. The van der Waals surface area contributed by atoms with E-state index >= 15 is 0 Å². The molecule has 0 saturated carbocycles. The quantitative estimate of drug-likeness (QED) is 0.446. The molecule has 0 bridgehead atoms. The van der Waals surface area contributed by atoms with E-state index in [0.717, 1.165) is 43.2 Å². The van der Waals surface area contributed by atoms with Gasteiger partial charge in [0, 0.05) is 49.0 Å². The highest BCUT2D eigenvalue weighted by Crippen LogP contribution is 2.27. The normalized spacial score (nSPS) is 13.5. The minimum absolute atomic E-state index is 0. The molecule has 3 N–H and O–H groups in total. The van der Waals surface area contributed by atoms with Crippen LogP contribution in [0.15, 0.2) is 54.6 Å². The van der Waals surface area contributed by atoms with E-state index in [-0.39, 0.29) is 36.3 Å². The zero-order valence-electron chi connectivity index (χ0n) is 20.1. The Bertz CT molecular complexity index is 1070. The van der Waals surface area contributed by atoms with E-state index in [4.69, 9.17) is 5.10 Å². The van der Waals surface area contributed by atoms with E-state index in [1.807, 2.05) is 49.4 Å². The molecule has 34 heavy (non-hydrogen) atoms. The standard InChI is InChI=1S/C25H32N6O.2ClH/c1-18-5-9-21(10-6-18)31-23(17-22(29-31)25(2,3)4)28-24(32)27-19-7-11-20(12-8-19)30-15-13-26-14-16-30;;/h5-12,17,26H,13-16H2,1-4H3,(H2,27,28,32);2*1H. The number of nitrogens with zero attached hydrogens (tertiary/aromatic N) is 3. The number of piperazine rings is 1. The number of carbonyl (C=O) groups is 1. The van der Waals surface area contributed by atoms with E-state index in [9.17, 15) is 4.79 Å². The van der Waals surface area contributed by atoms with Crippen molar-refractivity contribution in [3.05, 3.63) is 65.9 Å². The predicted octanol–water partition coefficient (Wildman–Crippen LogP) is 5.38. The fourth-order valence-electron chi connectivity index (χ4n) is 3.68. The molecule has 1 saturated heterocycles. The number of aromatic nitrogens is 2. The monoisotopic (exact) mass is 504 g/mol. The number of urea groups is 1. The van der Waals surface area contributed by atoms with E-state index in [0.29, 0.717) is 5.82 Å². The molecule has 9 heteroatoms. The largest absolute Gasteiger partial charge is 0.369 e. The molecule has 3 aromatic rings. The van der Waals surface area contributed by atoms with Crippen LogP contribution in [0, 0.1) is 6.92 Å². The maximum absolute atomic E-state index is 12.8. The smallest absolute Gasteiger partial charge is 0.324 e. The van der Waals surface area contributed by atoms with Crippen LogP contribution >= 0.6 is 24.8 Å². The van der Waals surface area contributed by atoms with Crippen molar-refractivity contribution >= 4 is 48.0 Å². The molecule has 2 aromatic carbocycles. The summed E-state index contributed by atoms with van der Waals surface area (Å²) in [5.41, 5.74) is 4.77. The summed E-state index contributed by atoms with van der Waals surface area (Å²) < 4.78 is 1.78. The van der Waals surface area contributed by atoms with Gasteiger partial charge in [0.15, 0.2) is 0 Å². The van der Waals surface area contributed by atoms with Crippen LogP contribution in [0.2, 0.25) is 0 Å². The summed E-state index contributed by atoms with van der Waals surface area (Å²) in [6, 6.07) is 17.7. The molecule has 1 aliphatic rings. The third-order valence-corrected chi connectivity index (χ3v) is 5.61. The van der Waals surface area contributed by atoms with Crippen molar-refractivity contribution < 1.29 is 4.79 Å². The molecule has 0 unspecified atom stereocenters. The Balaban J connectivity index is 0.00000204. The first kappa shape index (κ1) is 27.5. The molecule has 7 nitrogen and oxygen atoms in total. The fraction of sp³-hybridized carbons (Fsp3) is 0.360. The van der Waals surface area contributed by atoms with Crippen molar-refractivity contribution in [1.29, 1.82) is 0 Å². The van der Waals surface area contributed by atoms with Crippen LogP contribution in [0.25, 0.3) is 5.69 Å². The van der Waals surface area contributed by atoms with Gasteiger partial charge in [0.2, 0.25) is 0 Å². The first-order valence-corrected chi connectivity index (χ1v) is 11.1. The summed E-state index contributed by atoms with van der Waals surface area (Å²) in [6.07, 6.45) is 0.